The van der Waals surface area contributed by atoms with Crippen molar-refractivity contribution in [3.8, 4) is 0 Å². The average Bonchev–Trinajstić information content (AvgIpc) is 2.72. The fraction of sp³-hybridized carbons (Fsp3) is 0.818. The van der Waals surface area contributed by atoms with Crippen molar-refractivity contribution in [2.45, 2.75) is 18.9 Å². The second kappa shape index (κ2) is 5.46. The van der Waals surface area contributed by atoms with Gasteiger partial charge in [-0.3, -0.25) is 14.5 Å². The van der Waals surface area contributed by atoms with Crippen LogP contribution in [-0.2, 0) is 14.3 Å². The van der Waals surface area contributed by atoms with E-state index in [2.05, 4.69) is 5.32 Å². The van der Waals surface area contributed by atoms with Crippen molar-refractivity contribution in [1.29, 1.82) is 0 Å². The van der Waals surface area contributed by atoms with Crippen LogP contribution in [0.4, 0.5) is 0 Å². The quantitative estimate of drug-likeness (QED) is 0.666. The molecule has 6 heteroatoms. The predicted octanol–water partition coefficient (Wildman–Crippen LogP) is -0.702. The molecule has 0 aromatic heterocycles. The number of carboxylic acid groups (broad SMARTS) is 1. The van der Waals surface area contributed by atoms with Gasteiger partial charge in [0.2, 0.25) is 5.91 Å². The van der Waals surface area contributed by atoms with Crippen LogP contribution in [0.1, 0.15) is 12.8 Å². The van der Waals surface area contributed by atoms with Gasteiger partial charge in [0, 0.05) is 26.2 Å². The molecule has 0 aromatic carbocycles. The topological polar surface area (TPSA) is 78.9 Å². The van der Waals surface area contributed by atoms with Crippen molar-refractivity contribution < 1.29 is 19.4 Å². The fourth-order valence-electron chi connectivity index (χ4n) is 2.15. The van der Waals surface area contributed by atoms with Crippen LogP contribution < -0.4 is 5.32 Å². The Kier molecular flexibility index (Phi) is 3.96. The molecule has 96 valence electrons. The molecule has 2 aliphatic heterocycles. The molecule has 0 aromatic rings. The highest BCUT2D eigenvalue weighted by Crippen LogP contribution is 2.14. The van der Waals surface area contributed by atoms with E-state index in [1.165, 1.54) is 0 Å². The normalized spacial score (nSPS) is 25.5. The molecular formula is C11H18N2O4. The summed E-state index contributed by atoms with van der Waals surface area (Å²) < 4.78 is 5.39. The van der Waals surface area contributed by atoms with Crippen molar-refractivity contribution in [2.75, 3.05) is 32.8 Å². The second-order valence-corrected chi connectivity index (χ2v) is 4.67. The summed E-state index contributed by atoms with van der Waals surface area (Å²) in [5.74, 6) is -1.13. The number of ether oxygens (including phenoxy) is 1. The van der Waals surface area contributed by atoms with Gasteiger partial charge in [0.15, 0.2) is 0 Å². The first kappa shape index (κ1) is 12.3. The van der Waals surface area contributed by atoms with Crippen molar-refractivity contribution in [3.63, 3.8) is 0 Å². The Hall–Kier alpha value is -1.14. The molecule has 0 saturated carbocycles. The number of hydrogen-bond donors (Lipinski definition) is 2. The summed E-state index contributed by atoms with van der Waals surface area (Å²) in [6, 6.07) is 0. The molecule has 0 radical (unpaired) electrons. The van der Waals surface area contributed by atoms with Gasteiger partial charge in [0.25, 0.3) is 0 Å². The third-order valence-electron chi connectivity index (χ3n) is 3.22. The largest absolute Gasteiger partial charge is 0.481 e. The van der Waals surface area contributed by atoms with E-state index in [0.717, 1.165) is 19.4 Å². The van der Waals surface area contributed by atoms with E-state index in [9.17, 15) is 9.59 Å². The number of carboxylic acids is 1. The average molecular weight is 242 g/mol. The Labute approximate surface area is 99.9 Å². The van der Waals surface area contributed by atoms with Crippen LogP contribution in [0.5, 0.6) is 0 Å². The number of carbonyl (C=O) groups excluding carboxylic acids is 1. The van der Waals surface area contributed by atoms with E-state index in [-0.39, 0.29) is 24.5 Å². The molecule has 2 fully saturated rings. The van der Waals surface area contributed by atoms with E-state index in [4.69, 9.17) is 9.84 Å². The minimum atomic E-state index is -0.777. The van der Waals surface area contributed by atoms with Gasteiger partial charge in [-0.2, -0.15) is 0 Å². The molecule has 0 bridgehead atoms. The monoisotopic (exact) mass is 242 g/mol. The Bertz CT molecular complexity index is 296. The van der Waals surface area contributed by atoms with Gasteiger partial charge in [0.05, 0.1) is 18.6 Å². The minimum Gasteiger partial charge on any atom is -0.481 e. The molecule has 0 unspecified atom stereocenters. The first-order valence-corrected chi connectivity index (χ1v) is 5.98. The van der Waals surface area contributed by atoms with Crippen molar-refractivity contribution in [2.24, 2.45) is 5.92 Å². The highest BCUT2D eigenvalue weighted by Gasteiger charge is 2.33. The molecule has 2 N–H and O–H groups in total. The minimum absolute atomic E-state index is 0.0515. The number of nitrogens with one attached hydrogen (secondary N) is 1. The third-order valence-corrected chi connectivity index (χ3v) is 3.22. The zero-order chi connectivity index (χ0) is 12.3. The maximum Gasteiger partial charge on any atom is 0.309 e. The first-order chi connectivity index (χ1) is 8.15. The van der Waals surface area contributed by atoms with Crippen molar-refractivity contribution in [1.82, 2.24) is 10.2 Å². The maximum absolute atomic E-state index is 11.5. The molecule has 6 nitrogen and oxygen atoms in total. The fourth-order valence-corrected chi connectivity index (χ4v) is 2.15. The predicted molar refractivity (Wildman–Crippen MR) is 59.5 cm³/mol. The number of likely N-dealkylation sites (tertiary alicyclic amines) is 1. The van der Waals surface area contributed by atoms with Gasteiger partial charge >= 0.3 is 5.97 Å². The standard InChI is InChI=1S/C11H18N2O4/c14-10(12-4-9-2-1-3-17-9)7-13-5-8(6-13)11(15)16/h8-9H,1-7H2,(H,12,14)(H,15,16)/t9-/m1/s1. The first-order valence-electron chi connectivity index (χ1n) is 5.98. The number of nitrogens with zero attached hydrogens (tertiary/aromatic N) is 1. The lowest BCUT2D eigenvalue weighted by atomic mass is 10.0. The van der Waals surface area contributed by atoms with Crippen LogP contribution >= 0.6 is 0 Å². The summed E-state index contributed by atoms with van der Waals surface area (Å²) in [5, 5.41) is 11.5. The Morgan fingerprint density at radius 1 is 1.41 bits per heavy atom. The molecule has 17 heavy (non-hydrogen) atoms. The SMILES string of the molecule is O=C(CN1CC(C(=O)O)C1)NC[C@H]1CCCO1. The van der Waals surface area contributed by atoms with Crippen molar-refractivity contribution >= 4 is 11.9 Å². The Morgan fingerprint density at radius 3 is 2.76 bits per heavy atom. The molecule has 2 saturated heterocycles. The number of hydrogen-bond acceptors (Lipinski definition) is 4. The van der Waals surface area contributed by atoms with E-state index >= 15 is 0 Å². The van der Waals surface area contributed by atoms with E-state index in [1.807, 2.05) is 4.90 Å². The Morgan fingerprint density at radius 2 is 2.18 bits per heavy atom. The summed E-state index contributed by atoms with van der Waals surface area (Å²) >= 11 is 0. The van der Waals surface area contributed by atoms with Crippen LogP contribution in [-0.4, -0.2) is 60.8 Å². The summed E-state index contributed by atoms with van der Waals surface area (Å²) in [5.41, 5.74) is 0. The van der Waals surface area contributed by atoms with Crippen LogP contribution in [0.3, 0.4) is 0 Å². The third kappa shape index (κ3) is 3.41. The number of rotatable bonds is 5. The van der Waals surface area contributed by atoms with E-state index in [1.54, 1.807) is 0 Å². The number of carbonyl (C=O) groups is 2. The van der Waals surface area contributed by atoms with Crippen LogP contribution in [0.25, 0.3) is 0 Å². The van der Waals surface area contributed by atoms with Gasteiger partial charge in [-0.25, -0.2) is 0 Å². The molecule has 0 aliphatic carbocycles. The van der Waals surface area contributed by atoms with Gasteiger partial charge in [-0.05, 0) is 12.8 Å². The lowest BCUT2D eigenvalue weighted by Crippen LogP contribution is -2.53. The summed E-state index contributed by atoms with van der Waals surface area (Å²) in [4.78, 5) is 23.9. The van der Waals surface area contributed by atoms with Gasteiger partial charge in [-0.15, -0.1) is 0 Å². The summed E-state index contributed by atoms with van der Waals surface area (Å²) in [7, 11) is 0. The summed E-state index contributed by atoms with van der Waals surface area (Å²) in [6.07, 6.45) is 2.22. The Balaban J connectivity index is 1.57. The van der Waals surface area contributed by atoms with Crippen LogP contribution in [0.2, 0.25) is 0 Å². The van der Waals surface area contributed by atoms with Crippen molar-refractivity contribution in [3.05, 3.63) is 0 Å². The number of aliphatic carboxylic acids is 1. The molecule has 2 rings (SSSR count). The summed E-state index contributed by atoms with van der Waals surface area (Å²) in [6.45, 7) is 2.59. The van der Waals surface area contributed by atoms with Crippen LogP contribution in [0.15, 0.2) is 0 Å². The lowest BCUT2D eigenvalue weighted by molar-refractivity contribution is -0.148. The van der Waals surface area contributed by atoms with Gasteiger partial charge in [-0.1, -0.05) is 0 Å². The number of amides is 1. The van der Waals surface area contributed by atoms with E-state index in [0.29, 0.717) is 19.6 Å². The lowest BCUT2D eigenvalue weighted by Gasteiger charge is -2.35. The highest BCUT2D eigenvalue weighted by molar-refractivity contribution is 5.79. The molecule has 0 spiro atoms. The zero-order valence-electron chi connectivity index (χ0n) is 9.72. The molecular weight excluding hydrogens is 224 g/mol. The molecule has 1 amide bonds. The van der Waals surface area contributed by atoms with Gasteiger partial charge in [0.1, 0.15) is 0 Å². The maximum atomic E-state index is 11.5. The second-order valence-electron chi connectivity index (χ2n) is 4.67. The van der Waals surface area contributed by atoms with Gasteiger partial charge < -0.3 is 15.2 Å². The zero-order valence-corrected chi connectivity index (χ0v) is 9.72. The smallest absolute Gasteiger partial charge is 0.309 e. The molecule has 2 heterocycles. The van der Waals surface area contributed by atoms with Crippen LogP contribution in [0, 0.1) is 5.92 Å². The molecule has 1 atom stereocenters. The molecule has 2 aliphatic rings. The van der Waals surface area contributed by atoms with E-state index < -0.39 is 5.97 Å². The highest BCUT2D eigenvalue weighted by atomic mass is 16.5.